The van der Waals surface area contributed by atoms with Crippen LogP contribution in [0.2, 0.25) is 0 Å². The number of para-hydroxylation sites is 1. The minimum atomic E-state index is -0.312. The Hall–Kier alpha value is -2.74. The number of imidazole rings is 1. The van der Waals surface area contributed by atoms with Gasteiger partial charge in [0.1, 0.15) is 11.3 Å². The summed E-state index contributed by atoms with van der Waals surface area (Å²) >= 11 is 0. The van der Waals surface area contributed by atoms with E-state index in [1.807, 2.05) is 0 Å². The molecule has 0 radical (unpaired) electrons. The van der Waals surface area contributed by atoms with Crippen molar-refractivity contribution in [2.75, 3.05) is 10.6 Å². The summed E-state index contributed by atoms with van der Waals surface area (Å²) < 4.78 is 16.2. The third kappa shape index (κ3) is 3.64. The van der Waals surface area contributed by atoms with Crippen molar-refractivity contribution in [2.45, 2.75) is 63.1 Å². The third-order valence-electron chi connectivity index (χ3n) is 6.02. The topological polar surface area (TPSA) is 87.9 Å². The van der Waals surface area contributed by atoms with E-state index in [0.29, 0.717) is 29.1 Å². The average molecular weight is 396 g/mol. The van der Waals surface area contributed by atoms with Gasteiger partial charge < -0.3 is 15.7 Å². The summed E-state index contributed by atoms with van der Waals surface area (Å²) in [6, 6.07) is 7.18. The van der Waals surface area contributed by atoms with Crippen LogP contribution >= 0.6 is 0 Å². The van der Waals surface area contributed by atoms with Crippen LogP contribution in [0.4, 0.5) is 22.0 Å². The number of aromatic nitrogens is 4. The van der Waals surface area contributed by atoms with Gasteiger partial charge in [0.2, 0.25) is 11.9 Å². The molecule has 0 amide bonds. The van der Waals surface area contributed by atoms with Crippen molar-refractivity contribution in [2.24, 2.45) is 0 Å². The highest BCUT2D eigenvalue weighted by Crippen LogP contribution is 2.37. The van der Waals surface area contributed by atoms with E-state index in [1.54, 1.807) is 24.4 Å². The zero-order valence-corrected chi connectivity index (χ0v) is 16.2. The second kappa shape index (κ2) is 7.59. The van der Waals surface area contributed by atoms with Gasteiger partial charge >= 0.3 is 0 Å². The summed E-state index contributed by atoms with van der Waals surface area (Å²) in [6.07, 6.45) is 8.25. The molecular weight excluding hydrogens is 371 g/mol. The van der Waals surface area contributed by atoms with E-state index < -0.39 is 0 Å². The van der Waals surface area contributed by atoms with Crippen LogP contribution in [0.3, 0.4) is 0 Å². The molecule has 5 rings (SSSR count). The molecule has 3 N–H and O–H groups in total. The largest absolute Gasteiger partial charge is 0.393 e. The lowest BCUT2D eigenvalue weighted by molar-refractivity contribution is 0.126. The zero-order valence-electron chi connectivity index (χ0n) is 16.2. The Labute approximate surface area is 168 Å². The molecule has 8 heteroatoms. The van der Waals surface area contributed by atoms with Gasteiger partial charge in [0, 0.05) is 12.1 Å². The van der Waals surface area contributed by atoms with Gasteiger partial charge in [-0.05, 0) is 57.1 Å². The first-order valence-corrected chi connectivity index (χ1v) is 10.4. The first-order valence-electron chi connectivity index (χ1n) is 10.4. The Morgan fingerprint density at radius 1 is 1.03 bits per heavy atom. The number of halogens is 1. The molecule has 2 aromatic heterocycles. The van der Waals surface area contributed by atoms with Crippen LogP contribution in [0.5, 0.6) is 0 Å². The molecule has 1 aromatic carbocycles. The molecular formula is C21H25FN6O. The Kier molecular flexibility index (Phi) is 4.79. The van der Waals surface area contributed by atoms with E-state index in [2.05, 4.69) is 25.2 Å². The van der Waals surface area contributed by atoms with E-state index in [4.69, 9.17) is 4.98 Å². The van der Waals surface area contributed by atoms with Gasteiger partial charge in [-0.1, -0.05) is 12.1 Å². The zero-order chi connectivity index (χ0) is 19.8. The normalized spacial score (nSPS) is 22.4. The molecule has 2 saturated carbocycles. The van der Waals surface area contributed by atoms with Crippen molar-refractivity contribution < 1.29 is 9.50 Å². The minimum absolute atomic E-state index is 0.191. The quantitative estimate of drug-likeness (QED) is 0.601. The second-order valence-electron chi connectivity index (χ2n) is 8.05. The molecule has 2 aliphatic carbocycles. The van der Waals surface area contributed by atoms with Crippen LogP contribution in [0.25, 0.3) is 11.2 Å². The Balaban J connectivity index is 1.47. The molecule has 0 saturated heterocycles. The molecule has 7 nitrogen and oxygen atoms in total. The lowest BCUT2D eigenvalue weighted by Gasteiger charge is -2.29. The van der Waals surface area contributed by atoms with Crippen LogP contribution in [-0.4, -0.2) is 36.8 Å². The van der Waals surface area contributed by atoms with Crippen molar-refractivity contribution in [3.63, 3.8) is 0 Å². The van der Waals surface area contributed by atoms with Gasteiger partial charge in [-0.2, -0.15) is 4.98 Å². The van der Waals surface area contributed by atoms with Crippen molar-refractivity contribution >= 4 is 28.7 Å². The highest BCUT2D eigenvalue weighted by molar-refractivity contribution is 5.76. The van der Waals surface area contributed by atoms with Crippen molar-refractivity contribution in [3.05, 3.63) is 36.3 Å². The van der Waals surface area contributed by atoms with E-state index in [1.165, 1.54) is 12.5 Å². The molecule has 0 spiro atoms. The molecule has 0 bridgehead atoms. The van der Waals surface area contributed by atoms with Crippen LogP contribution < -0.4 is 10.6 Å². The summed E-state index contributed by atoms with van der Waals surface area (Å²) in [5.41, 5.74) is 1.86. The van der Waals surface area contributed by atoms with Crippen molar-refractivity contribution in [1.82, 2.24) is 19.5 Å². The van der Waals surface area contributed by atoms with Gasteiger partial charge in [0.25, 0.3) is 0 Å². The van der Waals surface area contributed by atoms with E-state index in [0.717, 1.165) is 44.2 Å². The number of hydrogen-bond donors (Lipinski definition) is 3. The highest BCUT2D eigenvalue weighted by atomic mass is 19.1. The van der Waals surface area contributed by atoms with E-state index in [9.17, 15) is 9.50 Å². The number of aliphatic hydroxyl groups is 1. The summed E-state index contributed by atoms with van der Waals surface area (Å²) in [7, 11) is 0. The molecule has 152 valence electrons. The summed E-state index contributed by atoms with van der Waals surface area (Å²) in [4.78, 5) is 13.8. The van der Waals surface area contributed by atoms with Crippen LogP contribution in [0.1, 0.15) is 51.0 Å². The summed E-state index contributed by atoms with van der Waals surface area (Å²) in [5, 5.41) is 16.3. The summed E-state index contributed by atoms with van der Waals surface area (Å²) in [6.45, 7) is 0. The highest BCUT2D eigenvalue weighted by Gasteiger charge is 2.27. The fourth-order valence-corrected chi connectivity index (χ4v) is 4.13. The first kappa shape index (κ1) is 18.3. The van der Waals surface area contributed by atoms with Crippen LogP contribution in [0.15, 0.2) is 30.5 Å². The second-order valence-corrected chi connectivity index (χ2v) is 8.05. The number of aliphatic hydroxyl groups excluding tert-OH is 1. The maximum atomic E-state index is 14.2. The van der Waals surface area contributed by atoms with E-state index >= 15 is 0 Å². The summed E-state index contributed by atoms with van der Waals surface area (Å²) in [5.74, 6) is 0.867. The van der Waals surface area contributed by atoms with Crippen molar-refractivity contribution in [1.29, 1.82) is 0 Å². The van der Waals surface area contributed by atoms with Crippen LogP contribution in [-0.2, 0) is 0 Å². The van der Waals surface area contributed by atoms with Crippen molar-refractivity contribution in [3.8, 4) is 0 Å². The monoisotopic (exact) mass is 396 g/mol. The van der Waals surface area contributed by atoms with Crippen LogP contribution in [0, 0.1) is 5.82 Å². The fourth-order valence-electron chi connectivity index (χ4n) is 4.13. The standard InChI is InChI=1S/C21H25FN6O/c22-16-6-1-2-7-17(16)25-21-26-18-12-23-20(24-13-8-10-15(29)11-9-13)27-19(18)28(21)14-4-3-5-14/h1-2,6-7,12-15,29H,3-5,8-11H2,(H,25,26)(H,23,24,27)/t13-,15-. The smallest absolute Gasteiger partial charge is 0.224 e. The molecule has 2 aliphatic rings. The lowest BCUT2D eigenvalue weighted by atomic mass is 9.93. The SMILES string of the molecule is O[C@H]1CC[C@H](Nc2ncc3nc(Nc4ccccc4F)n(C4CCC4)c3n2)CC1. The molecule has 0 aliphatic heterocycles. The Morgan fingerprint density at radius 2 is 1.83 bits per heavy atom. The number of anilines is 3. The third-order valence-corrected chi connectivity index (χ3v) is 6.02. The average Bonchev–Trinajstić information content (AvgIpc) is 3.02. The predicted octanol–water partition coefficient (Wildman–Crippen LogP) is 4.15. The van der Waals surface area contributed by atoms with Gasteiger partial charge in [-0.15, -0.1) is 0 Å². The Morgan fingerprint density at radius 3 is 2.55 bits per heavy atom. The van der Waals surface area contributed by atoms with Gasteiger partial charge in [0.05, 0.1) is 18.0 Å². The number of hydrogen-bond acceptors (Lipinski definition) is 6. The molecule has 2 heterocycles. The maximum Gasteiger partial charge on any atom is 0.224 e. The predicted molar refractivity (Wildman–Crippen MR) is 110 cm³/mol. The molecule has 0 unspecified atom stereocenters. The number of fused-ring (bicyclic) bond motifs is 1. The first-order chi connectivity index (χ1) is 14.2. The molecule has 29 heavy (non-hydrogen) atoms. The van der Waals surface area contributed by atoms with Gasteiger partial charge in [-0.3, -0.25) is 4.57 Å². The van der Waals surface area contributed by atoms with E-state index in [-0.39, 0.29) is 18.0 Å². The molecule has 0 atom stereocenters. The van der Waals surface area contributed by atoms with Gasteiger partial charge in [-0.25, -0.2) is 14.4 Å². The number of benzene rings is 1. The molecule has 2 fully saturated rings. The maximum absolute atomic E-state index is 14.2. The lowest BCUT2D eigenvalue weighted by Crippen LogP contribution is -2.29. The van der Waals surface area contributed by atoms with Gasteiger partial charge in [0.15, 0.2) is 5.65 Å². The molecule has 3 aromatic rings. The number of nitrogens with one attached hydrogen (secondary N) is 2. The Bertz CT molecular complexity index is 1010. The number of nitrogens with zero attached hydrogens (tertiary/aromatic N) is 4. The number of rotatable bonds is 5. The fraction of sp³-hybridized carbons (Fsp3) is 0.476. The minimum Gasteiger partial charge on any atom is -0.393 e.